The van der Waals surface area contributed by atoms with Crippen LogP contribution < -0.4 is 5.32 Å². The normalized spacial score (nSPS) is 27.1. The molecule has 1 aliphatic carbocycles. The zero-order valence-electron chi connectivity index (χ0n) is 16.7. The van der Waals surface area contributed by atoms with E-state index in [1.54, 1.807) is 20.8 Å². The number of fused-ring (bicyclic) bond motifs is 4. The van der Waals surface area contributed by atoms with Crippen molar-refractivity contribution in [2.24, 2.45) is 0 Å². The predicted octanol–water partition coefficient (Wildman–Crippen LogP) is 4.18. The lowest BCUT2D eigenvalue weighted by atomic mass is 9.86. The summed E-state index contributed by atoms with van der Waals surface area (Å²) in [6.07, 6.45) is 0.886. The Kier molecular flexibility index (Phi) is 5.82. The summed E-state index contributed by atoms with van der Waals surface area (Å²) in [6.45, 7) is 5.43. The lowest BCUT2D eigenvalue weighted by molar-refractivity contribution is -0.0294. The summed E-state index contributed by atoms with van der Waals surface area (Å²) in [5.41, 5.74) is -1.45. The number of alkyl carbamates (subject to hydrolysis) is 1. The molecule has 154 valence electrons. The Balaban J connectivity index is 1.61. The Labute approximate surface area is 165 Å². The molecule has 2 heterocycles. The SMILES string of the molecule is CC(C)(C)OC(=O)N1CC2(F)CCC[C@@H]1C[C@@H]2NC(=O)OCc1ccccc1. The maximum atomic E-state index is 15.7. The molecule has 3 fully saturated rings. The lowest BCUT2D eigenvalue weighted by Crippen LogP contribution is -2.63. The Morgan fingerprint density at radius 3 is 2.68 bits per heavy atom. The van der Waals surface area contributed by atoms with Crippen LogP contribution in [0.3, 0.4) is 0 Å². The first kappa shape index (κ1) is 20.4. The molecule has 28 heavy (non-hydrogen) atoms. The fraction of sp³-hybridized carbons (Fsp3) is 0.619. The largest absolute Gasteiger partial charge is 0.445 e. The highest BCUT2D eigenvalue weighted by Gasteiger charge is 2.52. The first-order valence-electron chi connectivity index (χ1n) is 9.82. The van der Waals surface area contributed by atoms with Crippen molar-refractivity contribution < 1.29 is 23.5 Å². The Hall–Kier alpha value is -2.31. The second-order valence-corrected chi connectivity index (χ2v) is 8.68. The van der Waals surface area contributed by atoms with Crippen LogP contribution in [0.2, 0.25) is 0 Å². The fourth-order valence-corrected chi connectivity index (χ4v) is 3.92. The number of ether oxygens (including phenoxy) is 2. The topological polar surface area (TPSA) is 67.9 Å². The minimum absolute atomic E-state index is 0.0732. The zero-order valence-corrected chi connectivity index (χ0v) is 16.7. The molecule has 2 saturated heterocycles. The van der Waals surface area contributed by atoms with Gasteiger partial charge in [-0.05, 0) is 52.0 Å². The van der Waals surface area contributed by atoms with Crippen LogP contribution in [0.1, 0.15) is 52.0 Å². The summed E-state index contributed by atoms with van der Waals surface area (Å²) in [4.78, 5) is 26.2. The summed E-state index contributed by atoms with van der Waals surface area (Å²) in [5.74, 6) is 0. The Bertz CT molecular complexity index is 706. The predicted molar refractivity (Wildman–Crippen MR) is 103 cm³/mol. The zero-order chi connectivity index (χ0) is 20.4. The molecule has 1 unspecified atom stereocenters. The monoisotopic (exact) mass is 392 g/mol. The molecule has 7 heteroatoms. The van der Waals surface area contributed by atoms with E-state index in [1.165, 1.54) is 4.90 Å². The van der Waals surface area contributed by atoms with E-state index in [4.69, 9.17) is 9.47 Å². The average molecular weight is 392 g/mol. The van der Waals surface area contributed by atoms with Gasteiger partial charge in [0, 0.05) is 6.04 Å². The first-order valence-corrected chi connectivity index (χ1v) is 9.82. The highest BCUT2D eigenvalue weighted by molar-refractivity contribution is 5.70. The molecule has 6 nitrogen and oxygen atoms in total. The number of rotatable bonds is 3. The van der Waals surface area contributed by atoms with Crippen molar-refractivity contribution in [3.8, 4) is 0 Å². The van der Waals surface area contributed by atoms with Gasteiger partial charge in [-0.25, -0.2) is 14.0 Å². The van der Waals surface area contributed by atoms with Crippen LogP contribution in [0.5, 0.6) is 0 Å². The highest BCUT2D eigenvalue weighted by Crippen LogP contribution is 2.40. The molecule has 0 radical (unpaired) electrons. The van der Waals surface area contributed by atoms with Gasteiger partial charge in [0.1, 0.15) is 17.9 Å². The molecule has 2 amide bonds. The number of nitrogens with one attached hydrogen (secondary N) is 1. The average Bonchev–Trinajstić information content (AvgIpc) is 2.88. The van der Waals surface area contributed by atoms with Crippen molar-refractivity contribution in [2.75, 3.05) is 6.54 Å². The summed E-state index contributed by atoms with van der Waals surface area (Å²) >= 11 is 0. The van der Waals surface area contributed by atoms with Crippen LogP contribution in [0.4, 0.5) is 14.0 Å². The van der Waals surface area contributed by atoms with E-state index >= 15 is 4.39 Å². The molecule has 2 bridgehead atoms. The third kappa shape index (κ3) is 4.94. The molecule has 1 saturated carbocycles. The van der Waals surface area contributed by atoms with Gasteiger partial charge in [-0.15, -0.1) is 0 Å². The van der Waals surface area contributed by atoms with Crippen molar-refractivity contribution >= 4 is 12.2 Å². The fourth-order valence-electron chi connectivity index (χ4n) is 3.92. The summed E-state index contributed by atoms with van der Waals surface area (Å²) in [6, 6.07) is 8.50. The molecular weight excluding hydrogens is 363 g/mol. The minimum atomic E-state index is -1.68. The highest BCUT2D eigenvalue weighted by atomic mass is 19.1. The number of hydrogen-bond donors (Lipinski definition) is 1. The van der Waals surface area contributed by atoms with Gasteiger partial charge in [-0.1, -0.05) is 30.3 Å². The maximum Gasteiger partial charge on any atom is 0.410 e. The number of nitrogens with zero attached hydrogens (tertiary/aromatic N) is 1. The van der Waals surface area contributed by atoms with Crippen molar-refractivity contribution in [3.63, 3.8) is 0 Å². The van der Waals surface area contributed by atoms with Crippen LogP contribution in [-0.4, -0.2) is 47.0 Å². The maximum absolute atomic E-state index is 15.7. The number of hydrogen-bond acceptors (Lipinski definition) is 4. The molecule has 0 spiro atoms. The summed E-state index contributed by atoms with van der Waals surface area (Å²) in [7, 11) is 0. The van der Waals surface area contributed by atoms with Crippen LogP contribution in [-0.2, 0) is 16.1 Å². The van der Waals surface area contributed by atoms with Crippen molar-refractivity contribution in [1.29, 1.82) is 0 Å². The van der Waals surface area contributed by atoms with E-state index in [2.05, 4.69) is 5.32 Å². The molecule has 1 aromatic carbocycles. The van der Waals surface area contributed by atoms with E-state index in [0.717, 1.165) is 5.56 Å². The second-order valence-electron chi connectivity index (χ2n) is 8.68. The van der Waals surface area contributed by atoms with E-state index in [1.807, 2.05) is 30.3 Å². The van der Waals surface area contributed by atoms with Crippen LogP contribution in [0.25, 0.3) is 0 Å². The van der Waals surface area contributed by atoms with E-state index in [-0.39, 0.29) is 19.2 Å². The number of halogens is 1. The quantitative estimate of drug-likeness (QED) is 0.838. The van der Waals surface area contributed by atoms with E-state index in [0.29, 0.717) is 25.7 Å². The molecule has 2 aliphatic heterocycles. The third-order valence-electron chi connectivity index (χ3n) is 5.27. The second kappa shape index (κ2) is 7.97. The van der Waals surface area contributed by atoms with Gasteiger partial charge in [-0.2, -0.15) is 0 Å². The molecule has 3 aliphatic rings. The first-order chi connectivity index (χ1) is 13.2. The van der Waals surface area contributed by atoms with Crippen LogP contribution in [0.15, 0.2) is 30.3 Å². The smallest absolute Gasteiger partial charge is 0.410 e. The van der Waals surface area contributed by atoms with Crippen LogP contribution >= 0.6 is 0 Å². The number of alkyl halides is 1. The number of carbonyl (C=O) groups excluding carboxylic acids is 2. The lowest BCUT2D eigenvalue weighted by Gasteiger charge is -2.44. The molecular formula is C21H29FN2O4. The summed E-state index contributed by atoms with van der Waals surface area (Å²) in [5, 5.41) is 2.69. The van der Waals surface area contributed by atoms with Crippen molar-refractivity contribution in [1.82, 2.24) is 10.2 Å². The summed E-state index contributed by atoms with van der Waals surface area (Å²) < 4.78 is 26.4. The van der Waals surface area contributed by atoms with Gasteiger partial charge >= 0.3 is 12.2 Å². The Morgan fingerprint density at radius 2 is 2.00 bits per heavy atom. The molecule has 0 aromatic heterocycles. The van der Waals surface area contributed by atoms with Gasteiger partial charge < -0.3 is 19.7 Å². The van der Waals surface area contributed by atoms with Crippen molar-refractivity contribution in [2.45, 2.75) is 76.4 Å². The number of amides is 2. The molecule has 1 N–H and O–H groups in total. The number of benzene rings is 1. The van der Waals surface area contributed by atoms with Crippen molar-refractivity contribution in [3.05, 3.63) is 35.9 Å². The van der Waals surface area contributed by atoms with E-state index in [9.17, 15) is 9.59 Å². The Morgan fingerprint density at radius 1 is 1.29 bits per heavy atom. The molecule has 4 rings (SSSR count). The van der Waals surface area contributed by atoms with Gasteiger partial charge in [0.15, 0.2) is 0 Å². The van der Waals surface area contributed by atoms with Gasteiger partial charge in [0.25, 0.3) is 0 Å². The molecule has 1 aromatic rings. The minimum Gasteiger partial charge on any atom is -0.445 e. The van der Waals surface area contributed by atoms with Crippen LogP contribution in [0, 0.1) is 0 Å². The van der Waals surface area contributed by atoms with Gasteiger partial charge in [-0.3, -0.25) is 0 Å². The van der Waals surface area contributed by atoms with E-state index < -0.39 is 29.5 Å². The third-order valence-corrected chi connectivity index (χ3v) is 5.27. The number of piperidine rings is 1. The van der Waals surface area contributed by atoms with Gasteiger partial charge in [0.2, 0.25) is 0 Å². The number of carbonyl (C=O) groups is 2. The molecule has 3 atom stereocenters. The van der Waals surface area contributed by atoms with Gasteiger partial charge in [0.05, 0.1) is 12.6 Å². The standard InChI is InChI=1S/C21H29FN2O4/c1-20(2,3)28-19(26)24-14-21(22)11-7-10-16(24)12-17(21)23-18(25)27-13-15-8-5-4-6-9-15/h4-6,8-9,16-17H,7,10-14H2,1-3H3,(H,23,25)/t16-,17+,21?/m1/s1.